The van der Waals surface area contributed by atoms with Gasteiger partial charge in [-0.05, 0) is 35.4 Å². The maximum atomic E-state index is 13.7. The third kappa shape index (κ3) is 5.39. The molecule has 0 aromatic heterocycles. The van der Waals surface area contributed by atoms with Gasteiger partial charge in [-0.15, -0.1) is 0 Å². The van der Waals surface area contributed by atoms with Crippen LogP contribution in [0.3, 0.4) is 0 Å². The van der Waals surface area contributed by atoms with E-state index in [9.17, 15) is 18.4 Å². The van der Waals surface area contributed by atoms with Crippen LogP contribution < -0.4 is 5.32 Å². The lowest BCUT2D eigenvalue weighted by Crippen LogP contribution is -2.33. The highest BCUT2D eigenvalue weighted by atomic mass is 35.5. The minimum absolute atomic E-state index is 0.448. The van der Waals surface area contributed by atoms with Gasteiger partial charge in [-0.25, -0.2) is 13.6 Å². The van der Waals surface area contributed by atoms with Crippen LogP contribution in [0.1, 0.15) is 27.5 Å². The minimum Gasteiger partial charge on any atom is -0.452 e. The summed E-state index contributed by atoms with van der Waals surface area (Å²) < 4.78 is 31.5. The van der Waals surface area contributed by atoms with E-state index in [1.54, 1.807) is 24.3 Å². The molecule has 0 bridgehead atoms. The van der Waals surface area contributed by atoms with Crippen LogP contribution in [-0.4, -0.2) is 18.5 Å². The molecule has 0 aliphatic carbocycles. The second kappa shape index (κ2) is 9.30. The van der Waals surface area contributed by atoms with Gasteiger partial charge >= 0.3 is 5.97 Å². The second-order valence-corrected chi connectivity index (χ2v) is 6.60. The number of amides is 1. The summed E-state index contributed by atoms with van der Waals surface area (Å²) in [7, 11) is 0. The Balaban J connectivity index is 1.70. The number of halogens is 3. The van der Waals surface area contributed by atoms with Crippen LogP contribution in [0.4, 0.5) is 8.78 Å². The second-order valence-electron chi connectivity index (χ2n) is 6.16. The number of rotatable bonds is 6. The predicted molar refractivity (Wildman–Crippen MR) is 105 cm³/mol. The molecular weight excluding hydrogens is 400 g/mol. The summed E-state index contributed by atoms with van der Waals surface area (Å²) in [5.74, 6) is -3.51. The van der Waals surface area contributed by atoms with Crippen molar-refractivity contribution in [1.29, 1.82) is 0 Å². The van der Waals surface area contributed by atoms with Gasteiger partial charge in [0.2, 0.25) is 0 Å². The van der Waals surface area contributed by atoms with Crippen molar-refractivity contribution >= 4 is 23.5 Å². The Morgan fingerprint density at radius 2 is 1.59 bits per heavy atom. The fraction of sp³-hybridized carbons (Fsp3) is 0.0909. The molecule has 7 heteroatoms. The van der Waals surface area contributed by atoms with Crippen LogP contribution >= 0.6 is 11.6 Å². The summed E-state index contributed by atoms with van der Waals surface area (Å²) in [4.78, 5) is 24.3. The van der Waals surface area contributed by atoms with E-state index in [-0.39, 0.29) is 0 Å². The van der Waals surface area contributed by atoms with E-state index in [1.807, 2.05) is 30.3 Å². The van der Waals surface area contributed by atoms with Crippen molar-refractivity contribution in [3.63, 3.8) is 0 Å². The van der Waals surface area contributed by atoms with E-state index in [4.69, 9.17) is 16.3 Å². The number of hydrogen-bond donors (Lipinski definition) is 1. The lowest BCUT2D eigenvalue weighted by atomic mass is 9.99. The molecule has 0 aliphatic rings. The number of nitrogens with one attached hydrogen (secondary N) is 1. The monoisotopic (exact) mass is 415 g/mol. The topological polar surface area (TPSA) is 55.4 Å². The Labute approximate surface area is 171 Å². The van der Waals surface area contributed by atoms with Crippen LogP contribution in [0.25, 0.3) is 0 Å². The number of carbonyl (C=O) groups excluding carboxylic acids is 2. The van der Waals surface area contributed by atoms with Crippen molar-refractivity contribution in [1.82, 2.24) is 5.32 Å². The van der Waals surface area contributed by atoms with Crippen LogP contribution in [-0.2, 0) is 9.53 Å². The fourth-order valence-electron chi connectivity index (χ4n) is 2.73. The highest BCUT2D eigenvalue weighted by molar-refractivity contribution is 6.30. The molecule has 0 aliphatic heterocycles. The Hall–Kier alpha value is -3.25. The van der Waals surface area contributed by atoms with Gasteiger partial charge < -0.3 is 10.1 Å². The average Bonchev–Trinajstić information content (AvgIpc) is 2.71. The highest BCUT2D eigenvalue weighted by Gasteiger charge is 2.19. The van der Waals surface area contributed by atoms with Gasteiger partial charge in [0.25, 0.3) is 5.91 Å². The normalized spacial score (nSPS) is 11.6. The summed E-state index contributed by atoms with van der Waals surface area (Å²) in [6.45, 7) is -0.618. The van der Waals surface area contributed by atoms with Gasteiger partial charge in [0, 0.05) is 11.1 Å². The summed E-state index contributed by atoms with van der Waals surface area (Å²) in [6, 6.07) is 18.2. The van der Waals surface area contributed by atoms with E-state index in [0.29, 0.717) is 11.1 Å². The molecule has 0 fully saturated rings. The van der Waals surface area contributed by atoms with Crippen LogP contribution in [0.2, 0.25) is 5.02 Å². The first-order valence-electron chi connectivity index (χ1n) is 8.66. The quantitative estimate of drug-likeness (QED) is 0.595. The smallest absolute Gasteiger partial charge is 0.341 e. The van der Waals surface area contributed by atoms with E-state index >= 15 is 0 Å². The SMILES string of the molecule is O=C(COC(=O)c1ccc(F)cc1F)NC(c1ccccc1)c1ccc(Cl)cc1. The Morgan fingerprint density at radius 1 is 0.931 bits per heavy atom. The molecule has 4 nitrogen and oxygen atoms in total. The Kier molecular flexibility index (Phi) is 6.57. The lowest BCUT2D eigenvalue weighted by Gasteiger charge is -2.20. The number of ether oxygens (including phenoxy) is 1. The molecular formula is C22H16ClF2NO3. The van der Waals surface area contributed by atoms with Gasteiger partial charge in [-0.1, -0.05) is 54.1 Å². The molecule has 1 amide bonds. The zero-order valence-corrected chi connectivity index (χ0v) is 15.8. The summed E-state index contributed by atoms with van der Waals surface area (Å²) in [5.41, 5.74) is 1.15. The molecule has 3 rings (SSSR count). The molecule has 0 saturated heterocycles. The molecule has 3 aromatic rings. The molecule has 3 aromatic carbocycles. The van der Waals surface area contributed by atoms with E-state index < -0.39 is 41.7 Å². The van der Waals surface area contributed by atoms with Crippen molar-refractivity contribution in [2.45, 2.75) is 6.04 Å². The molecule has 0 radical (unpaired) electrons. The molecule has 0 spiro atoms. The van der Waals surface area contributed by atoms with E-state index in [2.05, 4.69) is 5.32 Å². The summed E-state index contributed by atoms with van der Waals surface area (Å²) in [5, 5.41) is 3.34. The van der Waals surface area contributed by atoms with Crippen molar-refractivity contribution in [3.05, 3.63) is 106 Å². The molecule has 148 valence electrons. The first kappa shape index (κ1) is 20.5. The Morgan fingerprint density at radius 3 is 2.24 bits per heavy atom. The van der Waals surface area contributed by atoms with Crippen LogP contribution in [0.5, 0.6) is 0 Å². The summed E-state index contributed by atoms with van der Waals surface area (Å²) in [6.07, 6.45) is 0. The average molecular weight is 416 g/mol. The molecule has 0 heterocycles. The van der Waals surface area contributed by atoms with Crippen LogP contribution in [0, 0.1) is 11.6 Å². The number of carbonyl (C=O) groups is 2. The predicted octanol–water partition coefficient (Wildman–Crippen LogP) is 4.68. The third-order valence-corrected chi connectivity index (χ3v) is 4.38. The number of benzene rings is 3. The van der Waals surface area contributed by atoms with Gasteiger partial charge in [0.1, 0.15) is 11.6 Å². The zero-order chi connectivity index (χ0) is 20.8. The standard InChI is InChI=1S/C22H16ClF2NO3/c23-16-8-6-15(7-9-16)21(14-4-2-1-3-5-14)26-20(27)13-29-22(28)18-11-10-17(24)12-19(18)25/h1-12,21H,13H2,(H,26,27). The van der Waals surface area contributed by atoms with Gasteiger partial charge in [-0.3, -0.25) is 4.79 Å². The summed E-state index contributed by atoms with van der Waals surface area (Å²) >= 11 is 5.93. The van der Waals surface area contributed by atoms with E-state index in [1.165, 1.54) is 0 Å². The first-order chi connectivity index (χ1) is 13.9. The van der Waals surface area contributed by atoms with Gasteiger partial charge in [0.15, 0.2) is 6.61 Å². The van der Waals surface area contributed by atoms with Gasteiger partial charge in [-0.2, -0.15) is 0 Å². The maximum absolute atomic E-state index is 13.7. The Bertz CT molecular complexity index is 1010. The third-order valence-electron chi connectivity index (χ3n) is 4.13. The largest absolute Gasteiger partial charge is 0.452 e. The molecule has 1 unspecified atom stereocenters. The molecule has 29 heavy (non-hydrogen) atoms. The number of hydrogen-bond acceptors (Lipinski definition) is 3. The lowest BCUT2D eigenvalue weighted by molar-refractivity contribution is -0.124. The minimum atomic E-state index is -1.06. The van der Waals surface area contributed by atoms with Crippen molar-refractivity contribution < 1.29 is 23.1 Å². The molecule has 1 atom stereocenters. The fourth-order valence-corrected chi connectivity index (χ4v) is 2.85. The van der Waals surface area contributed by atoms with E-state index in [0.717, 1.165) is 23.3 Å². The van der Waals surface area contributed by atoms with Crippen molar-refractivity contribution in [3.8, 4) is 0 Å². The highest BCUT2D eigenvalue weighted by Crippen LogP contribution is 2.23. The first-order valence-corrected chi connectivity index (χ1v) is 9.04. The molecule has 1 N–H and O–H groups in total. The van der Waals surface area contributed by atoms with Crippen molar-refractivity contribution in [2.24, 2.45) is 0 Å². The zero-order valence-electron chi connectivity index (χ0n) is 15.1. The number of esters is 1. The molecule has 0 saturated carbocycles. The van der Waals surface area contributed by atoms with Crippen molar-refractivity contribution in [2.75, 3.05) is 6.61 Å². The maximum Gasteiger partial charge on any atom is 0.341 e. The van der Waals surface area contributed by atoms with Gasteiger partial charge in [0.05, 0.1) is 11.6 Å². The van der Waals surface area contributed by atoms with Crippen LogP contribution in [0.15, 0.2) is 72.8 Å².